The Kier molecular flexibility index (Phi) is 8.90. The van der Waals surface area contributed by atoms with Crippen LogP contribution in [0.2, 0.25) is 5.02 Å². The molecule has 1 heterocycles. The first-order valence-electron chi connectivity index (χ1n) is 10.8. The summed E-state index contributed by atoms with van der Waals surface area (Å²) in [7, 11) is 0. The standard InChI is InChI=1S/C23H29ClN4O2S2/c1-2-3-9-21(30-20-8-6-7-19(16-20)28(32)22(25)29)27-15-5-4-14-26(23(27)31)18-12-10-17(24)11-13-18/h6-8,10-13,16,21,32H,2-5,9,14-15H2,1H3,(H2,25,29). The highest BCUT2D eigenvalue weighted by molar-refractivity contribution is 7.82. The van der Waals surface area contributed by atoms with Crippen LogP contribution in [0.25, 0.3) is 0 Å². The summed E-state index contributed by atoms with van der Waals surface area (Å²) in [6.45, 7) is 3.82. The highest BCUT2D eigenvalue weighted by Gasteiger charge is 2.29. The molecule has 2 aromatic rings. The average Bonchev–Trinajstić information content (AvgIpc) is 2.98. The quantitative estimate of drug-likeness (QED) is 0.357. The van der Waals surface area contributed by atoms with Gasteiger partial charge in [-0.3, -0.25) is 0 Å². The van der Waals surface area contributed by atoms with Gasteiger partial charge in [0, 0.05) is 36.3 Å². The lowest BCUT2D eigenvalue weighted by molar-refractivity contribution is 0.0689. The van der Waals surface area contributed by atoms with Gasteiger partial charge in [0.1, 0.15) is 5.75 Å². The Morgan fingerprint density at radius 1 is 1.25 bits per heavy atom. The van der Waals surface area contributed by atoms with Gasteiger partial charge in [-0.15, -0.1) is 0 Å². The van der Waals surface area contributed by atoms with Crippen LogP contribution in [0.1, 0.15) is 39.0 Å². The van der Waals surface area contributed by atoms with Gasteiger partial charge in [0.25, 0.3) is 0 Å². The molecule has 32 heavy (non-hydrogen) atoms. The number of amides is 2. The highest BCUT2D eigenvalue weighted by atomic mass is 35.5. The molecule has 2 amide bonds. The van der Waals surface area contributed by atoms with E-state index in [9.17, 15) is 4.79 Å². The van der Waals surface area contributed by atoms with Gasteiger partial charge in [0.15, 0.2) is 11.3 Å². The van der Waals surface area contributed by atoms with Crippen LogP contribution in [0.3, 0.4) is 0 Å². The number of rotatable bonds is 8. The third-order valence-electron chi connectivity index (χ3n) is 5.34. The molecule has 1 unspecified atom stereocenters. The molecule has 0 aromatic heterocycles. The zero-order valence-electron chi connectivity index (χ0n) is 18.1. The van der Waals surface area contributed by atoms with Gasteiger partial charge in [-0.1, -0.05) is 43.8 Å². The number of thiocarbonyl (C=S) groups is 1. The number of urea groups is 1. The van der Waals surface area contributed by atoms with Crippen LogP contribution in [0.4, 0.5) is 16.2 Å². The summed E-state index contributed by atoms with van der Waals surface area (Å²) >= 11 is 16.2. The van der Waals surface area contributed by atoms with Gasteiger partial charge in [0.2, 0.25) is 0 Å². The molecule has 0 saturated carbocycles. The van der Waals surface area contributed by atoms with Crippen LogP contribution in [0.5, 0.6) is 5.75 Å². The second-order valence-electron chi connectivity index (χ2n) is 7.67. The van der Waals surface area contributed by atoms with Crippen molar-refractivity contribution in [3.8, 4) is 5.75 Å². The molecule has 9 heteroatoms. The van der Waals surface area contributed by atoms with Gasteiger partial charge in [-0.05, 0) is 67.9 Å². The maximum Gasteiger partial charge on any atom is 0.329 e. The summed E-state index contributed by atoms with van der Waals surface area (Å²) in [6.07, 6.45) is 4.70. The fourth-order valence-electron chi connectivity index (χ4n) is 3.66. The topological polar surface area (TPSA) is 62.0 Å². The number of nitrogens with zero attached hydrogens (tertiary/aromatic N) is 3. The Labute approximate surface area is 205 Å². The third kappa shape index (κ3) is 6.21. The van der Waals surface area contributed by atoms with Gasteiger partial charge in [-0.25, -0.2) is 9.10 Å². The Balaban J connectivity index is 1.85. The molecule has 1 aliphatic heterocycles. The summed E-state index contributed by atoms with van der Waals surface area (Å²) in [4.78, 5) is 15.8. The number of carbonyl (C=O) groups is 1. The Morgan fingerprint density at radius 3 is 2.66 bits per heavy atom. The van der Waals surface area contributed by atoms with Crippen molar-refractivity contribution < 1.29 is 9.53 Å². The number of thiol groups is 1. The fourth-order valence-corrected chi connectivity index (χ4v) is 4.31. The largest absolute Gasteiger partial charge is 0.470 e. The summed E-state index contributed by atoms with van der Waals surface area (Å²) < 4.78 is 7.52. The number of unbranched alkanes of at least 4 members (excludes halogenated alkanes) is 1. The van der Waals surface area contributed by atoms with Crippen molar-refractivity contribution >= 4 is 59.2 Å². The molecule has 2 N–H and O–H groups in total. The first-order valence-corrected chi connectivity index (χ1v) is 12.0. The number of hydrogen-bond donors (Lipinski definition) is 2. The number of hydrogen-bond acceptors (Lipinski definition) is 4. The number of carbonyl (C=O) groups excluding carboxylic acids is 1. The minimum Gasteiger partial charge on any atom is -0.470 e. The lowest BCUT2D eigenvalue weighted by atomic mass is 10.2. The van der Waals surface area contributed by atoms with E-state index >= 15 is 0 Å². The van der Waals surface area contributed by atoms with Gasteiger partial charge in [0.05, 0.1) is 5.69 Å². The van der Waals surface area contributed by atoms with Crippen LogP contribution in [0.15, 0.2) is 48.5 Å². The van der Waals surface area contributed by atoms with Crippen molar-refractivity contribution in [2.45, 2.75) is 45.3 Å². The minimum atomic E-state index is -0.652. The normalized spacial score (nSPS) is 15.3. The fraction of sp³-hybridized carbons (Fsp3) is 0.391. The molecule has 0 aliphatic carbocycles. The number of benzene rings is 2. The lowest BCUT2D eigenvalue weighted by Gasteiger charge is -2.36. The van der Waals surface area contributed by atoms with Crippen molar-refractivity contribution in [2.24, 2.45) is 5.73 Å². The molecule has 6 nitrogen and oxygen atoms in total. The van der Waals surface area contributed by atoms with E-state index < -0.39 is 6.03 Å². The minimum absolute atomic E-state index is 0.229. The Hall–Kier alpha value is -2.16. The molecule has 172 valence electrons. The van der Waals surface area contributed by atoms with Crippen molar-refractivity contribution in [3.63, 3.8) is 0 Å². The smallest absolute Gasteiger partial charge is 0.329 e. The average molecular weight is 493 g/mol. The van der Waals surface area contributed by atoms with Gasteiger partial charge in [-0.2, -0.15) is 0 Å². The van der Waals surface area contributed by atoms with Crippen LogP contribution >= 0.6 is 36.6 Å². The van der Waals surface area contributed by atoms with Crippen molar-refractivity contribution in [1.29, 1.82) is 0 Å². The second-order valence-corrected chi connectivity index (χ2v) is 8.87. The molecule has 1 saturated heterocycles. The number of anilines is 2. The molecule has 1 aliphatic rings. The second kappa shape index (κ2) is 11.6. The SMILES string of the molecule is CCCCC(Oc1cccc(N(S)C(N)=O)c1)N1CCCCN(c2ccc(Cl)cc2)C1=S. The van der Waals surface area contributed by atoms with Crippen LogP contribution < -0.4 is 19.7 Å². The van der Waals surface area contributed by atoms with Crippen molar-refractivity contribution in [2.75, 3.05) is 22.3 Å². The molecule has 2 aromatic carbocycles. The van der Waals surface area contributed by atoms with E-state index in [0.717, 1.165) is 60.3 Å². The number of ether oxygens (including phenoxy) is 1. The monoisotopic (exact) mass is 492 g/mol. The van der Waals surface area contributed by atoms with Gasteiger partial charge < -0.3 is 20.3 Å². The van der Waals surface area contributed by atoms with Crippen LogP contribution in [0, 0.1) is 0 Å². The van der Waals surface area contributed by atoms with Crippen molar-refractivity contribution in [1.82, 2.24) is 4.90 Å². The summed E-state index contributed by atoms with van der Waals surface area (Å²) in [5, 5.41) is 1.44. The highest BCUT2D eigenvalue weighted by Crippen LogP contribution is 2.28. The number of nitrogens with two attached hydrogens (primary N) is 1. The molecular weight excluding hydrogens is 464 g/mol. The lowest BCUT2D eigenvalue weighted by Crippen LogP contribution is -2.49. The summed E-state index contributed by atoms with van der Waals surface area (Å²) in [5.74, 6) is 0.633. The van der Waals surface area contributed by atoms with E-state index in [1.165, 1.54) is 0 Å². The van der Waals surface area contributed by atoms with E-state index in [1.54, 1.807) is 12.1 Å². The third-order valence-corrected chi connectivity index (χ3v) is 6.48. The van der Waals surface area contributed by atoms with Crippen LogP contribution in [-0.2, 0) is 0 Å². The Bertz CT molecular complexity index is 928. The summed E-state index contributed by atoms with van der Waals surface area (Å²) in [5.41, 5.74) is 6.92. The molecule has 0 radical (unpaired) electrons. The van der Waals surface area contributed by atoms with E-state index in [4.69, 9.17) is 34.3 Å². The van der Waals surface area contributed by atoms with Crippen LogP contribution in [-0.4, -0.2) is 35.4 Å². The molecule has 1 atom stereocenters. The van der Waals surface area contributed by atoms with E-state index in [1.807, 2.05) is 36.4 Å². The predicted octanol–water partition coefficient (Wildman–Crippen LogP) is 5.85. The zero-order chi connectivity index (χ0) is 23.1. The number of primary amides is 1. The molecule has 0 spiro atoms. The first kappa shape index (κ1) is 24.5. The first-order chi connectivity index (χ1) is 15.4. The molecule has 3 rings (SSSR count). The maximum atomic E-state index is 11.5. The number of halogens is 1. The summed E-state index contributed by atoms with van der Waals surface area (Å²) in [6, 6.07) is 14.3. The molecule has 1 fully saturated rings. The predicted molar refractivity (Wildman–Crippen MR) is 139 cm³/mol. The maximum absolute atomic E-state index is 11.5. The van der Waals surface area contributed by atoms with Crippen molar-refractivity contribution in [3.05, 3.63) is 53.6 Å². The van der Waals surface area contributed by atoms with E-state index in [-0.39, 0.29) is 6.23 Å². The Morgan fingerprint density at radius 2 is 1.97 bits per heavy atom. The molecule has 0 bridgehead atoms. The van der Waals surface area contributed by atoms with E-state index in [0.29, 0.717) is 16.5 Å². The van der Waals surface area contributed by atoms with E-state index in [2.05, 4.69) is 29.5 Å². The molecular formula is C23H29ClN4O2S2. The zero-order valence-corrected chi connectivity index (χ0v) is 20.6. The van der Waals surface area contributed by atoms with Gasteiger partial charge >= 0.3 is 6.03 Å².